The van der Waals surface area contributed by atoms with Crippen molar-refractivity contribution in [1.29, 1.82) is 0 Å². The lowest BCUT2D eigenvalue weighted by Crippen LogP contribution is -2.47. The first-order valence-corrected chi connectivity index (χ1v) is 7.30. The number of piperazine rings is 1. The number of amides is 1. The van der Waals surface area contributed by atoms with Crippen LogP contribution >= 0.6 is 0 Å². The van der Waals surface area contributed by atoms with E-state index in [1.807, 2.05) is 6.07 Å². The van der Waals surface area contributed by atoms with E-state index in [1.54, 1.807) is 12.1 Å². The summed E-state index contributed by atoms with van der Waals surface area (Å²) in [5.41, 5.74) is 13.5. The topological polar surface area (TPSA) is 75.6 Å². The second-order valence-electron chi connectivity index (χ2n) is 5.84. The summed E-state index contributed by atoms with van der Waals surface area (Å²) in [6, 6.07) is 5.37. The van der Waals surface area contributed by atoms with Crippen molar-refractivity contribution < 1.29 is 4.79 Å². The lowest BCUT2D eigenvalue weighted by atomic mass is 10.1. The molecule has 1 amide bonds. The minimum absolute atomic E-state index is 0.410. The number of para-hydroxylation sites is 1. The average Bonchev–Trinajstić information content (AvgIpc) is 3.23. The number of anilines is 2. The van der Waals surface area contributed by atoms with E-state index >= 15 is 0 Å². The minimum atomic E-state index is -0.410. The number of nitrogens with zero attached hydrogens (tertiary/aromatic N) is 2. The monoisotopic (exact) mass is 274 g/mol. The number of benzene rings is 1. The quantitative estimate of drug-likeness (QED) is 0.800. The maximum Gasteiger partial charge on any atom is 0.250 e. The molecule has 0 atom stereocenters. The van der Waals surface area contributed by atoms with Crippen LogP contribution in [0.25, 0.3) is 0 Å². The first kappa shape index (κ1) is 13.2. The Kier molecular flexibility index (Phi) is 3.53. The van der Waals surface area contributed by atoms with Crippen molar-refractivity contribution in [3.8, 4) is 0 Å². The summed E-state index contributed by atoms with van der Waals surface area (Å²) >= 11 is 0. The van der Waals surface area contributed by atoms with Gasteiger partial charge in [-0.3, -0.25) is 9.69 Å². The molecule has 0 radical (unpaired) electrons. The van der Waals surface area contributed by atoms with E-state index in [0.717, 1.165) is 37.8 Å². The zero-order valence-electron chi connectivity index (χ0n) is 11.7. The number of nitrogen functional groups attached to an aromatic ring is 1. The summed E-state index contributed by atoms with van der Waals surface area (Å²) in [4.78, 5) is 16.3. The molecular weight excluding hydrogens is 252 g/mol. The van der Waals surface area contributed by atoms with Crippen LogP contribution in [0.2, 0.25) is 0 Å². The van der Waals surface area contributed by atoms with Gasteiger partial charge in [0.05, 0.1) is 16.9 Å². The summed E-state index contributed by atoms with van der Waals surface area (Å²) < 4.78 is 0. The van der Waals surface area contributed by atoms with E-state index in [0.29, 0.717) is 11.3 Å². The lowest BCUT2D eigenvalue weighted by Gasteiger charge is -2.37. The number of primary amides is 1. The fraction of sp³-hybridized carbons (Fsp3) is 0.533. The molecule has 4 N–H and O–H groups in total. The highest BCUT2D eigenvalue weighted by Gasteiger charge is 2.27. The molecular formula is C15H22N4O. The molecule has 0 unspecified atom stereocenters. The Morgan fingerprint density at radius 3 is 2.50 bits per heavy atom. The molecule has 5 heteroatoms. The van der Waals surface area contributed by atoms with Crippen LogP contribution in [0, 0.1) is 5.92 Å². The Morgan fingerprint density at radius 1 is 1.20 bits per heavy atom. The molecule has 1 saturated heterocycles. The minimum Gasteiger partial charge on any atom is -0.397 e. The molecule has 2 fully saturated rings. The molecule has 20 heavy (non-hydrogen) atoms. The smallest absolute Gasteiger partial charge is 0.250 e. The number of hydrogen-bond donors (Lipinski definition) is 2. The van der Waals surface area contributed by atoms with E-state index in [4.69, 9.17) is 11.5 Å². The van der Waals surface area contributed by atoms with Gasteiger partial charge in [0.2, 0.25) is 0 Å². The molecule has 0 spiro atoms. The van der Waals surface area contributed by atoms with Crippen molar-refractivity contribution in [2.75, 3.05) is 43.4 Å². The van der Waals surface area contributed by atoms with Gasteiger partial charge >= 0.3 is 0 Å². The Balaban J connectivity index is 1.72. The summed E-state index contributed by atoms with van der Waals surface area (Å²) in [6.07, 6.45) is 2.77. The molecule has 108 valence electrons. The molecule has 5 nitrogen and oxygen atoms in total. The highest BCUT2D eigenvalue weighted by Crippen LogP contribution is 2.31. The third-order valence-electron chi connectivity index (χ3n) is 4.23. The van der Waals surface area contributed by atoms with Gasteiger partial charge in [0.25, 0.3) is 5.91 Å². The fourth-order valence-electron chi connectivity index (χ4n) is 2.93. The third kappa shape index (κ3) is 2.72. The second-order valence-corrected chi connectivity index (χ2v) is 5.84. The summed E-state index contributed by atoms with van der Waals surface area (Å²) in [7, 11) is 0. The predicted octanol–water partition coefficient (Wildman–Crippen LogP) is 0.900. The Hall–Kier alpha value is -1.75. The van der Waals surface area contributed by atoms with Crippen molar-refractivity contribution in [3.05, 3.63) is 23.8 Å². The van der Waals surface area contributed by atoms with Crippen molar-refractivity contribution in [2.24, 2.45) is 11.7 Å². The first-order valence-electron chi connectivity index (χ1n) is 7.30. The molecule has 0 bridgehead atoms. The largest absolute Gasteiger partial charge is 0.397 e. The SMILES string of the molecule is NC(=O)c1cccc(N)c1N1CCN(CC2CC2)CC1. The van der Waals surface area contributed by atoms with Gasteiger partial charge in [0, 0.05) is 32.7 Å². The Morgan fingerprint density at radius 2 is 1.90 bits per heavy atom. The number of carbonyl (C=O) groups excluding carboxylic acids is 1. The normalized spacial score (nSPS) is 20.1. The highest BCUT2D eigenvalue weighted by molar-refractivity contribution is 6.01. The van der Waals surface area contributed by atoms with Gasteiger partial charge in [-0.15, -0.1) is 0 Å². The van der Waals surface area contributed by atoms with E-state index in [1.165, 1.54) is 19.4 Å². The zero-order valence-corrected chi connectivity index (χ0v) is 11.7. The van der Waals surface area contributed by atoms with Crippen LogP contribution in [0.1, 0.15) is 23.2 Å². The van der Waals surface area contributed by atoms with E-state index < -0.39 is 5.91 Å². The molecule has 1 aliphatic heterocycles. The van der Waals surface area contributed by atoms with E-state index in [-0.39, 0.29) is 0 Å². The third-order valence-corrected chi connectivity index (χ3v) is 4.23. The first-order chi connectivity index (χ1) is 9.65. The lowest BCUT2D eigenvalue weighted by molar-refractivity contribution is 0.100. The summed E-state index contributed by atoms with van der Waals surface area (Å²) in [5, 5.41) is 0. The molecule has 0 aromatic heterocycles. The van der Waals surface area contributed by atoms with E-state index in [2.05, 4.69) is 9.80 Å². The van der Waals surface area contributed by atoms with Crippen LogP contribution in [0.5, 0.6) is 0 Å². The van der Waals surface area contributed by atoms with Gasteiger partial charge in [0.1, 0.15) is 0 Å². The second kappa shape index (κ2) is 5.32. The number of hydrogen-bond acceptors (Lipinski definition) is 4. The molecule has 1 aromatic rings. The van der Waals surface area contributed by atoms with Crippen LogP contribution in [-0.2, 0) is 0 Å². The van der Waals surface area contributed by atoms with Gasteiger partial charge in [-0.25, -0.2) is 0 Å². The average molecular weight is 274 g/mol. The van der Waals surface area contributed by atoms with Crippen LogP contribution in [-0.4, -0.2) is 43.5 Å². The summed E-state index contributed by atoms with van der Waals surface area (Å²) in [5.74, 6) is 0.511. The Labute approximate surface area is 119 Å². The van der Waals surface area contributed by atoms with Crippen LogP contribution in [0.3, 0.4) is 0 Å². The van der Waals surface area contributed by atoms with Gasteiger partial charge < -0.3 is 16.4 Å². The van der Waals surface area contributed by atoms with Crippen molar-refractivity contribution in [3.63, 3.8) is 0 Å². The van der Waals surface area contributed by atoms with E-state index in [9.17, 15) is 4.79 Å². The maximum absolute atomic E-state index is 11.6. The zero-order chi connectivity index (χ0) is 14.1. The summed E-state index contributed by atoms with van der Waals surface area (Å²) in [6.45, 7) is 5.09. The fourth-order valence-corrected chi connectivity index (χ4v) is 2.93. The highest BCUT2D eigenvalue weighted by atomic mass is 16.1. The van der Waals surface area contributed by atoms with Crippen LogP contribution in [0.4, 0.5) is 11.4 Å². The van der Waals surface area contributed by atoms with Gasteiger partial charge in [-0.2, -0.15) is 0 Å². The maximum atomic E-state index is 11.6. The number of nitrogens with two attached hydrogens (primary N) is 2. The molecule has 1 heterocycles. The standard InChI is InChI=1S/C15H22N4O/c16-13-3-1-2-12(15(17)20)14(13)19-8-6-18(7-9-19)10-11-4-5-11/h1-3,11H,4-10,16H2,(H2,17,20). The van der Waals surface area contributed by atoms with Crippen molar-refractivity contribution in [1.82, 2.24) is 4.90 Å². The number of carbonyl (C=O) groups is 1. The van der Waals surface area contributed by atoms with Crippen molar-refractivity contribution in [2.45, 2.75) is 12.8 Å². The molecule has 1 aromatic carbocycles. The molecule has 3 rings (SSSR count). The van der Waals surface area contributed by atoms with Crippen LogP contribution in [0.15, 0.2) is 18.2 Å². The van der Waals surface area contributed by atoms with Gasteiger partial charge in [0.15, 0.2) is 0 Å². The van der Waals surface area contributed by atoms with Crippen LogP contribution < -0.4 is 16.4 Å². The van der Waals surface area contributed by atoms with Crippen molar-refractivity contribution >= 4 is 17.3 Å². The number of rotatable bonds is 4. The van der Waals surface area contributed by atoms with Gasteiger partial charge in [-0.1, -0.05) is 6.07 Å². The molecule has 2 aliphatic rings. The molecule has 1 aliphatic carbocycles. The van der Waals surface area contributed by atoms with Gasteiger partial charge in [-0.05, 0) is 30.9 Å². The Bertz CT molecular complexity index is 505. The predicted molar refractivity (Wildman–Crippen MR) is 80.7 cm³/mol. The molecule has 1 saturated carbocycles.